The molecule has 0 aliphatic heterocycles. The van der Waals surface area contributed by atoms with Crippen LogP contribution in [0.5, 0.6) is 0 Å². The molecule has 0 atom stereocenters. The first-order valence-electron chi connectivity index (χ1n) is 18.2. The molecular weight excluding hydrogens is 659 g/mol. The van der Waals surface area contributed by atoms with Gasteiger partial charge in [-0.25, -0.2) is 9.97 Å². The number of fused-ring (bicyclic) bond motifs is 8. The van der Waals surface area contributed by atoms with Crippen LogP contribution in [-0.2, 0) is 0 Å². The van der Waals surface area contributed by atoms with Crippen LogP contribution in [0, 0.1) is 0 Å². The summed E-state index contributed by atoms with van der Waals surface area (Å²) in [4.78, 5) is 10.5. The molecule has 0 radical (unpaired) electrons. The van der Waals surface area contributed by atoms with E-state index in [0.717, 1.165) is 83.4 Å². The van der Waals surface area contributed by atoms with Crippen LogP contribution in [0.15, 0.2) is 192 Å². The van der Waals surface area contributed by atoms with Crippen molar-refractivity contribution in [1.29, 1.82) is 0 Å². The van der Waals surface area contributed by atoms with Gasteiger partial charge in [-0.3, -0.25) is 0 Å². The fourth-order valence-electron chi connectivity index (χ4n) is 8.02. The first-order valence-corrected chi connectivity index (χ1v) is 18.2. The molecule has 0 spiro atoms. The van der Waals surface area contributed by atoms with E-state index in [0.29, 0.717) is 0 Å². The lowest BCUT2D eigenvalue weighted by atomic mass is 9.98. The molecule has 0 bridgehead atoms. The van der Waals surface area contributed by atoms with Crippen LogP contribution in [-0.4, -0.2) is 14.5 Å². The third-order valence-corrected chi connectivity index (χ3v) is 10.6. The van der Waals surface area contributed by atoms with Gasteiger partial charge in [0.05, 0.1) is 39.0 Å². The van der Waals surface area contributed by atoms with Gasteiger partial charge in [-0.2, -0.15) is 0 Å². The summed E-state index contributed by atoms with van der Waals surface area (Å²) in [6.07, 6.45) is 0. The monoisotopic (exact) mass is 689 g/mol. The van der Waals surface area contributed by atoms with E-state index in [1.54, 1.807) is 0 Å². The Hall–Kier alpha value is -7.30. The summed E-state index contributed by atoms with van der Waals surface area (Å²) in [6.45, 7) is 0. The summed E-state index contributed by atoms with van der Waals surface area (Å²) in [5.41, 5.74) is 14.3. The molecule has 0 amide bonds. The van der Waals surface area contributed by atoms with Crippen LogP contribution in [0.1, 0.15) is 0 Å². The Labute approximate surface area is 311 Å². The molecule has 4 aromatic heterocycles. The van der Waals surface area contributed by atoms with Crippen LogP contribution in [0.2, 0.25) is 0 Å². The van der Waals surface area contributed by atoms with Gasteiger partial charge in [0.25, 0.3) is 0 Å². The highest BCUT2D eigenvalue weighted by Crippen LogP contribution is 2.40. The molecule has 0 saturated carbocycles. The van der Waals surface area contributed by atoms with E-state index >= 15 is 0 Å². The zero-order valence-electron chi connectivity index (χ0n) is 29.1. The van der Waals surface area contributed by atoms with Gasteiger partial charge in [0, 0.05) is 43.9 Å². The van der Waals surface area contributed by atoms with Crippen molar-refractivity contribution in [2.75, 3.05) is 0 Å². The van der Waals surface area contributed by atoms with Gasteiger partial charge >= 0.3 is 0 Å². The van der Waals surface area contributed by atoms with Crippen LogP contribution in [0.3, 0.4) is 0 Å². The summed E-state index contributed by atoms with van der Waals surface area (Å²) in [6, 6.07) is 66.0. The van der Waals surface area contributed by atoms with Crippen LogP contribution in [0.4, 0.5) is 0 Å². The van der Waals surface area contributed by atoms with Crippen molar-refractivity contribution in [2.45, 2.75) is 0 Å². The number of para-hydroxylation sites is 4. The number of rotatable bonds is 5. The minimum Gasteiger partial charge on any atom is -0.455 e. The average Bonchev–Trinajstić information content (AvgIpc) is 3.81. The lowest BCUT2D eigenvalue weighted by molar-refractivity contribution is 0.672. The Morgan fingerprint density at radius 1 is 0.389 bits per heavy atom. The van der Waals surface area contributed by atoms with E-state index in [1.165, 1.54) is 21.8 Å². The number of nitrogens with zero attached hydrogens (tertiary/aromatic N) is 3. The maximum absolute atomic E-state index is 6.45. The molecule has 0 N–H and O–H groups in total. The second-order valence-corrected chi connectivity index (χ2v) is 13.8. The topological polar surface area (TPSA) is 43.9 Å². The van der Waals surface area contributed by atoms with Gasteiger partial charge < -0.3 is 8.98 Å². The zero-order valence-corrected chi connectivity index (χ0v) is 29.1. The average molecular weight is 690 g/mol. The summed E-state index contributed by atoms with van der Waals surface area (Å²) < 4.78 is 8.79. The molecule has 11 rings (SSSR count). The van der Waals surface area contributed by atoms with Gasteiger partial charge in [0.15, 0.2) is 0 Å². The van der Waals surface area contributed by atoms with Gasteiger partial charge in [-0.1, -0.05) is 133 Å². The van der Waals surface area contributed by atoms with Crippen LogP contribution in [0.25, 0.3) is 105 Å². The van der Waals surface area contributed by atoms with Crippen molar-refractivity contribution in [3.8, 4) is 50.6 Å². The Balaban J connectivity index is 1.02. The van der Waals surface area contributed by atoms with Gasteiger partial charge in [-0.05, 0) is 65.7 Å². The zero-order chi connectivity index (χ0) is 35.6. The van der Waals surface area contributed by atoms with Gasteiger partial charge in [0.2, 0.25) is 0 Å². The molecule has 0 aliphatic carbocycles. The van der Waals surface area contributed by atoms with Crippen molar-refractivity contribution in [3.05, 3.63) is 188 Å². The summed E-state index contributed by atoms with van der Waals surface area (Å²) in [7, 11) is 0. The highest BCUT2D eigenvalue weighted by molar-refractivity contribution is 6.19. The van der Waals surface area contributed by atoms with Crippen LogP contribution < -0.4 is 0 Å². The first-order chi connectivity index (χ1) is 26.8. The number of hydrogen-bond acceptors (Lipinski definition) is 3. The fraction of sp³-hybridized carbons (Fsp3) is 0. The molecular formula is C50H31N3O. The SMILES string of the molecule is c1ccc(-c2cc(-c3ccc(-c4nc5ccccc5c5oc6ccccc6c45)cc3)nc(-c3ccc(-n4c5ccccc5c5ccccc54)cc3)c2)cc1. The first kappa shape index (κ1) is 30.3. The van der Waals surface area contributed by atoms with Crippen molar-refractivity contribution >= 4 is 54.6 Å². The number of aromatic nitrogens is 3. The molecule has 4 nitrogen and oxygen atoms in total. The third kappa shape index (κ3) is 4.85. The van der Waals surface area contributed by atoms with E-state index in [2.05, 4.69) is 168 Å². The van der Waals surface area contributed by atoms with Gasteiger partial charge in [0.1, 0.15) is 11.2 Å². The highest BCUT2D eigenvalue weighted by atomic mass is 16.3. The second kappa shape index (κ2) is 12.1. The molecule has 7 aromatic carbocycles. The van der Waals surface area contributed by atoms with E-state index in [9.17, 15) is 0 Å². The smallest absolute Gasteiger partial charge is 0.147 e. The number of pyridine rings is 2. The molecule has 0 aliphatic rings. The molecule has 11 aromatic rings. The van der Waals surface area contributed by atoms with Crippen molar-refractivity contribution < 1.29 is 4.42 Å². The van der Waals surface area contributed by atoms with Crippen molar-refractivity contribution in [1.82, 2.24) is 14.5 Å². The predicted molar refractivity (Wildman–Crippen MR) is 223 cm³/mol. The Morgan fingerprint density at radius 3 is 1.61 bits per heavy atom. The number of hydrogen-bond donors (Lipinski definition) is 0. The van der Waals surface area contributed by atoms with E-state index in [4.69, 9.17) is 14.4 Å². The third-order valence-electron chi connectivity index (χ3n) is 10.6. The quantitative estimate of drug-likeness (QED) is 0.181. The van der Waals surface area contributed by atoms with Crippen LogP contribution >= 0.6 is 0 Å². The lowest BCUT2D eigenvalue weighted by Gasteiger charge is -2.12. The van der Waals surface area contributed by atoms with E-state index in [1.807, 2.05) is 24.3 Å². The normalized spacial score (nSPS) is 11.7. The van der Waals surface area contributed by atoms with E-state index in [-0.39, 0.29) is 0 Å². The van der Waals surface area contributed by atoms with Crippen molar-refractivity contribution in [3.63, 3.8) is 0 Å². The maximum atomic E-state index is 6.45. The molecule has 0 saturated heterocycles. The Kier molecular flexibility index (Phi) is 6.82. The largest absolute Gasteiger partial charge is 0.455 e. The number of furan rings is 1. The summed E-state index contributed by atoms with van der Waals surface area (Å²) in [5.74, 6) is 0. The fourth-order valence-corrected chi connectivity index (χ4v) is 8.02. The number of benzene rings is 7. The van der Waals surface area contributed by atoms with Gasteiger partial charge in [-0.15, -0.1) is 0 Å². The Bertz CT molecular complexity index is 3140. The predicted octanol–water partition coefficient (Wildman–Crippen LogP) is 13.3. The molecule has 252 valence electrons. The lowest BCUT2D eigenvalue weighted by Crippen LogP contribution is -1.95. The molecule has 4 heteroatoms. The Morgan fingerprint density at radius 2 is 0.926 bits per heavy atom. The molecule has 54 heavy (non-hydrogen) atoms. The molecule has 0 unspecified atom stereocenters. The highest BCUT2D eigenvalue weighted by Gasteiger charge is 2.18. The standard InChI is InChI=1S/C50H31N3O/c1-2-12-32(13-3-1)36-30-43(51-44(31-36)34-26-28-37(29-27-34)53-45-19-9-5-14-38(45)39-15-6-10-20-46(39)53)33-22-24-35(25-23-33)49-48-41-17-7-11-21-47(41)54-50(48)40-16-4-8-18-42(40)52-49/h1-31H. The maximum Gasteiger partial charge on any atom is 0.147 e. The molecule has 0 fully saturated rings. The summed E-state index contributed by atoms with van der Waals surface area (Å²) >= 11 is 0. The van der Waals surface area contributed by atoms with Crippen molar-refractivity contribution in [2.24, 2.45) is 0 Å². The second-order valence-electron chi connectivity index (χ2n) is 13.8. The minimum absolute atomic E-state index is 0.862. The van der Waals surface area contributed by atoms with E-state index < -0.39 is 0 Å². The summed E-state index contributed by atoms with van der Waals surface area (Å²) in [5, 5.41) is 5.62. The molecule has 4 heterocycles. The minimum atomic E-state index is 0.862.